The molecule has 8 nitrogen and oxygen atoms in total. The van der Waals surface area contributed by atoms with Crippen molar-refractivity contribution in [1.82, 2.24) is 19.7 Å². The number of ether oxygens (including phenoxy) is 1. The number of rotatable bonds is 6. The Morgan fingerprint density at radius 1 is 1.13 bits per heavy atom. The average molecular weight is 441 g/mol. The Labute approximate surface area is 183 Å². The molecule has 1 fully saturated rings. The van der Waals surface area contributed by atoms with E-state index in [1.807, 2.05) is 0 Å². The van der Waals surface area contributed by atoms with Gasteiger partial charge in [0.2, 0.25) is 5.69 Å². The molecule has 2 heterocycles. The van der Waals surface area contributed by atoms with Crippen LogP contribution >= 0.6 is 11.6 Å². The molecule has 9 heteroatoms. The normalized spacial score (nSPS) is 15.7. The van der Waals surface area contributed by atoms with E-state index in [1.54, 1.807) is 54.6 Å². The van der Waals surface area contributed by atoms with Gasteiger partial charge in [0.05, 0.1) is 18.3 Å². The van der Waals surface area contributed by atoms with E-state index in [2.05, 4.69) is 10.4 Å². The zero-order chi connectivity index (χ0) is 21.8. The summed E-state index contributed by atoms with van der Waals surface area (Å²) in [6.07, 6.45) is 1.69. The smallest absolute Gasteiger partial charge is 0.352 e. The lowest BCUT2D eigenvalue weighted by molar-refractivity contribution is 0.0849. The third-order valence-corrected chi connectivity index (χ3v) is 5.44. The van der Waals surface area contributed by atoms with Crippen LogP contribution in [0.3, 0.4) is 0 Å². The van der Waals surface area contributed by atoms with Crippen LogP contribution in [0.4, 0.5) is 0 Å². The van der Waals surface area contributed by atoms with Crippen LogP contribution in [0.15, 0.2) is 64.2 Å². The Balaban J connectivity index is 1.76. The number of aromatic nitrogens is 3. The summed E-state index contributed by atoms with van der Waals surface area (Å²) in [6, 6.07) is 15.5. The number of amides is 1. The molecule has 1 amide bonds. The van der Waals surface area contributed by atoms with E-state index in [1.165, 1.54) is 0 Å². The third-order valence-electron chi connectivity index (χ3n) is 5.08. The summed E-state index contributed by atoms with van der Waals surface area (Å²) in [5.74, 6) is -0.655. The molecule has 1 aliphatic rings. The average Bonchev–Trinajstić information content (AvgIpc) is 3.31. The lowest BCUT2D eigenvalue weighted by Gasteiger charge is -2.14. The SMILES string of the molecule is O=C(NC[C@@H]1CCCO1)c1nn(-c2ccccc2)c(=O)n(Cc2ccccc2Cl)c1=O. The van der Waals surface area contributed by atoms with Crippen molar-refractivity contribution in [2.24, 2.45) is 0 Å². The van der Waals surface area contributed by atoms with E-state index in [0.29, 0.717) is 22.9 Å². The lowest BCUT2D eigenvalue weighted by Crippen LogP contribution is -2.46. The second-order valence-corrected chi connectivity index (χ2v) is 7.61. The number of nitrogens with zero attached hydrogens (tertiary/aromatic N) is 3. The van der Waals surface area contributed by atoms with Crippen LogP contribution in [0.1, 0.15) is 28.9 Å². The Bertz CT molecular complexity index is 1200. The number of hydrogen-bond donors (Lipinski definition) is 1. The summed E-state index contributed by atoms with van der Waals surface area (Å²) in [6.45, 7) is 0.843. The van der Waals surface area contributed by atoms with Gasteiger partial charge in [-0.25, -0.2) is 4.79 Å². The number of nitrogens with one attached hydrogen (secondary N) is 1. The fourth-order valence-corrected chi connectivity index (χ4v) is 3.62. The molecule has 0 bridgehead atoms. The minimum atomic E-state index is -0.776. The predicted octanol–water partition coefficient (Wildman–Crippen LogP) is 2.00. The van der Waals surface area contributed by atoms with Gasteiger partial charge in [-0.3, -0.25) is 14.2 Å². The molecule has 0 aliphatic carbocycles. The Morgan fingerprint density at radius 3 is 2.58 bits per heavy atom. The van der Waals surface area contributed by atoms with Crippen LogP contribution in [0.5, 0.6) is 0 Å². The van der Waals surface area contributed by atoms with Crippen molar-refractivity contribution < 1.29 is 9.53 Å². The van der Waals surface area contributed by atoms with Crippen molar-refractivity contribution in [2.45, 2.75) is 25.5 Å². The summed E-state index contributed by atoms with van der Waals surface area (Å²) in [7, 11) is 0. The monoisotopic (exact) mass is 440 g/mol. The van der Waals surface area contributed by atoms with Gasteiger partial charge in [-0.05, 0) is 36.6 Å². The number of benzene rings is 2. The summed E-state index contributed by atoms with van der Waals surface area (Å²) < 4.78 is 7.54. The quantitative estimate of drug-likeness (QED) is 0.632. The Hall–Kier alpha value is -3.23. The van der Waals surface area contributed by atoms with E-state index in [9.17, 15) is 14.4 Å². The van der Waals surface area contributed by atoms with Crippen molar-refractivity contribution in [3.8, 4) is 5.69 Å². The van der Waals surface area contributed by atoms with Gasteiger partial charge in [0.1, 0.15) is 0 Å². The Morgan fingerprint density at radius 2 is 1.87 bits per heavy atom. The van der Waals surface area contributed by atoms with Gasteiger partial charge in [-0.2, -0.15) is 9.78 Å². The maximum Gasteiger partial charge on any atom is 0.352 e. The van der Waals surface area contributed by atoms with Crippen LogP contribution in [-0.4, -0.2) is 39.5 Å². The number of para-hydroxylation sites is 1. The first-order valence-corrected chi connectivity index (χ1v) is 10.3. The highest BCUT2D eigenvalue weighted by Crippen LogP contribution is 2.15. The molecule has 1 aromatic heterocycles. The molecule has 3 aromatic rings. The van der Waals surface area contributed by atoms with E-state index in [0.717, 1.165) is 22.1 Å². The molecular weight excluding hydrogens is 420 g/mol. The molecule has 2 aromatic carbocycles. The second kappa shape index (κ2) is 9.28. The molecular formula is C22H21ClN4O4. The van der Waals surface area contributed by atoms with Gasteiger partial charge in [0.25, 0.3) is 11.5 Å². The maximum atomic E-state index is 13.1. The van der Waals surface area contributed by atoms with Crippen LogP contribution in [0.25, 0.3) is 5.69 Å². The van der Waals surface area contributed by atoms with Crippen molar-refractivity contribution in [2.75, 3.05) is 13.2 Å². The van der Waals surface area contributed by atoms with Gasteiger partial charge < -0.3 is 10.1 Å². The molecule has 31 heavy (non-hydrogen) atoms. The van der Waals surface area contributed by atoms with Crippen LogP contribution in [0, 0.1) is 0 Å². The fourth-order valence-electron chi connectivity index (χ4n) is 3.43. The molecule has 1 saturated heterocycles. The highest BCUT2D eigenvalue weighted by atomic mass is 35.5. The van der Waals surface area contributed by atoms with Gasteiger partial charge in [-0.15, -0.1) is 0 Å². The Kier molecular flexibility index (Phi) is 6.29. The van der Waals surface area contributed by atoms with E-state index < -0.39 is 17.2 Å². The summed E-state index contributed by atoms with van der Waals surface area (Å²) >= 11 is 6.23. The van der Waals surface area contributed by atoms with Crippen LogP contribution in [0.2, 0.25) is 5.02 Å². The van der Waals surface area contributed by atoms with E-state index in [4.69, 9.17) is 16.3 Å². The van der Waals surface area contributed by atoms with Crippen molar-refractivity contribution >= 4 is 17.5 Å². The number of carbonyl (C=O) groups is 1. The largest absolute Gasteiger partial charge is 0.376 e. The predicted molar refractivity (Wildman–Crippen MR) is 116 cm³/mol. The van der Waals surface area contributed by atoms with Crippen molar-refractivity contribution in [3.63, 3.8) is 0 Å². The van der Waals surface area contributed by atoms with Gasteiger partial charge in [-0.1, -0.05) is 48.0 Å². The first-order valence-electron chi connectivity index (χ1n) is 9.97. The fraction of sp³-hybridized carbons (Fsp3) is 0.273. The topological polar surface area (TPSA) is 95.2 Å². The second-order valence-electron chi connectivity index (χ2n) is 7.21. The molecule has 0 radical (unpaired) electrons. The zero-order valence-corrected chi connectivity index (χ0v) is 17.4. The molecule has 0 saturated carbocycles. The molecule has 160 valence electrons. The third kappa shape index (κ3) is 4.60. The van der Waals surface area contributed by atoms with Gasteiger partial charge in [0.15, 0.2) is 0 Å². The highest BCUT2D eigenvalue weighted by molar-refractivity contribution is 6.31. The standard InChI is InChI=1S/C22H21ClN4O4/c23-18-11-5-4-7-15(18)14-26-21(29)19(20(28)24-13-17-10-6-12-31-17)25-27(22(26)30)16-8-2-1-3-9-16/h1-5,7-9,11,17H,6,10,12-14H2,(H,24,28)/t17-/m0/s1. The molecule has 1 aliphatic heterocycles. The van der Waals surface area contributed by atoms with Crippen molar-refractivity contribution in [3.05, 3.63) is 91.7 Å². The summed E-state index contributed by atoms with van der Waals surface area (Å²) in [4.78, 5) is 39.0. The van der Waals surface area contributed by atoms with Gasteiger partial charge in [0, 0.05) is 18.2 Å². The molecule has 0 spiro atoms. The zero-order valence-electron chi connectivity index (χ0n) is 16.7. The number of carbonyl (C=O) groups excluding carboxylic acids is 1. The minimum Gasteiger partial charge on any atom is -0.376 e. The first-order chi connectivity index (χ1) is 15.0. The number of hydrogen-bond acceptors (Lipinski definition) is 5. The minimum absolute atomic E-state index is 0.0846. The van der Waals surface area contributed by atoms with Crippen LogP contribution in [-0.2, 0) is 11.3 Å². The van der Waals surface area contributed by atoms with E-state index >= 15 is 0 Å². The molecule has 1 N–H and O–H groups in total. The highest BCUT2D eigenvalue weighted by Gasteiger charge is 2.23. The van der Waals surface area contributed by atoms with E-state index in [-0.39, 0.29) is 24.9 Å². The molecule has 0 unspecified atom stereocenters. The van der Waals surface area contributed by atoms with Crippen LogP contribution < -0.4 is 16.6 Å². The first kappa shape index (κ1) is 21.0. The number of halogens is 1. The summed E-state index contributed by atoms with van der Waals surface area (Å²) in [5, 5.41) is 7.22. The lowest BCUT2D eigenvalue weighted by atomic mass is 10.2. The summed E-state index contributed by atoms with van der Waals surface area (Å²) in [5.41, 5.74) is -0.782. The van der Waals surface area contributed by atoms with Gasteiger partial charge >= 0.3 is 5.69 Å². The molecule has 4 rings (SSSR count). The molecule has 1 atom stereocenters. The maximum absolute atomic E-state index is 13.1. The van der Waals surface area contributed by atoms with Crippen molar-refractivity contribution in [1.29, 1.82) is 0 Å².